The molecule has 1 rings (SSSR count). The summed E-state index contributed by atoms with van der Waals surface area (Å²) in [6.07, 6.45) is 2.22. The summed E-state index contributed by atoms with van der Waals surface area (Å²) in [5.74, 6) is -1.18. The second-order valence-corrected chi connectivity index (χ2v) is 2.98. The zero-order valence-corrected chi connectivity index (χ0v) is 8.16. The third-order valence-corrected chi connectivity index (χ3v) is 1.84. The first-order valence-electron chi connectivity index (χ1n) is 4.38. The van der Waals surface area contributed by atoms with Crippen molar-refractivity contribution in [3.8, 4) is 0 Å². The molecule has 0 unspecified atom stereocenters. The van der Waals surface area contributed by atoms with Gasteiger partial charge in [0, 0.05) is 6.92 Å². The highest BCUT2D eigenvalue weighted by molar-refractivity contribution is 6.10. The maximum absolute atomic E-state index is 11.5. The van der Waals surface area contributed by atoms with Crippen LogP contribution in [0, 0.1) is 0 Å². The molecule has 5 heteroatoms. The van der Waals surface area contributed by atoms with Crippen molar-refractivity contribution in [1.29, 1.82) is 0 Å². The molecule has 0 radical (unpaired) electrons. The molecule has 1 aliphatic heterocycles. The molecule has 3 amide bonds. The molecule has 76 valence electrons. The number of amides is 3. The zero-order valence-electron chi connectivity index (χ0n) is 8.16. The van der Waals surface area contributed by atoms with E-state index in [1.165, 1.54) is 6.92 Å². The van der Waals surface area contributed by atoms with E-state index in [0.717, 1.165) is 4.90 Å². The first-order chi connectivity index (χ1) is 6.56. The van der Waals surface area contributed by atoms with Crippen molar-refractivity contribution >= 4 is 17.7 Å². The van der Waals surface area contributed by atoms with Gasteiger partial charge >= 0.3 is 0 Å². The van der Waals surface area contributed by atoms with Crippen LogP contribution in [0.15, 0.2) is 11.8 Å². The van der Waals surface area contributed by atoms with Crippen molar-refractivity contribution in [3.63, 3.8) is 0 Å². The summed E-state index contributed by atoms with van der Waals surface area (Å²) in [4.78, 5) is 34.6. The van der Waals surface area contributed by atoms with E-state index in [9.17, 15) is 14.4 Å². The van der Waals surface area contributed by atoms with Crippen molar-refractivity contribution in [3.05, 3.63) is 11.8 Å². The van der Waals surface area contributed by atoms with Gasteiger partial charge in [-0.15, -0.1) is 0 Å². The Kier molecular flexibility index (Phi) is 3.01. The Morgan fingerprint density at radius 3 is 2.71 bits per heavy atom. The molecule has 1 fully saturated rings. The summed E-state index contributed by atoms with van der Waals surface area (Å²) >= 11 is 0. The van der Waals surface area contributed by atoms with E-state index in [1.807, 2.05) is 6.92 Å². The van der Waals surface area contributed by atoms with Crippen LogP contribution in [0.25, 0.3) is 0 Å². The van der Waals surface area contributed by atoms with Crippen LogP contribution in [0.3, 0.4) is 0 Å². The average Bonchev–Trinajstić information content (AvgIpc) is 2.10. The van der Waals surface area contributed by atoms with Crippen LogP contribution in [0.2, 0.25) is 0 Å². The van der Waals surface area contributed by atoms with Gasteiger partial charge in [-0.25, -0.2) is 0 Å². The van der Waals surface area contributed by atoms with Gasteiger partial charge in [-0.3, -0.25) is 19.3 Å². The van der Waals surface area contributed by atoms with E-state index in [-0.39, 0.29) is 18.1 Å². The van der Waals surface area contributed by atoms with Crippen molar-refractivity contribution in [1.82, 2.24) is 10.2 Å². The van der Waals surface area contributed by atoms with Crippen LogP contribution in [-0.2, 0) is 14.4 Å². The molecule has 1 saturated heterocycles. The Bertz CT molecular complexity index is 320. The zero-order chi connectivity index (χ0) is 10.7. The first-order valence-corrected chi connectivity index (χ1v) is 4.38. The second-order valence-electron chi connectivity index (χ2n) is 2.98. The lowest BCUT2D eigenvalue weighted by molar-refractivity contribution is -0.147. The van der Waals surface area contributed by atoms with Crippen LogP contribution in [0.1, 0.15) is 20.3 Å². The SMILES string of the molecule is CC/C=C1\NC(=O)CN(C(C)=O)C1=O. The maximum Gasteiger partial charge on any atom is 0.277 e. The lowest BCUT2D eigenvalue weighted by Crippen LogP contribution is -2.51. The number of carbonyl (C=O) groups is 3. The van der Waals surface area contributed by atoms with Crippen LogP contribution in [-0.4, -0.2) is 29.2 Å². The van der Waals surface area contributed by atoms with Crippen molar-refractivity contribution in [2.45, 2.75) is 20.3 Å². The summed E-state index contributed by atoms with van der Waals surface area (Å²) in [6, 6.07) is 0. The van der Waals surface area contributed by atoms with Crippen molar-refractivity contribution in [2.75, 3.05) is 6.54 Å². The van der Waals surface area contributed by atoms with Gasteiger partial charge in [0.1, 0.15) is 12.2 Å². The van der Waals surface area contributed by atoms with E-state index < -0.39 is 11.8 Å². The summed E-state index contributed by atoms with van der Waals surface area (Å²) < 4.78 is 0. The highest BCUT2D eigenvalue weighted by atomic mass is 16.2. The minimum absolute atomic E-state index is 0.185. The average molecular weight is 196 g/mol. The van der Waals surface area contributed by atoms with Gasteiger partial charge in [-0.05, 0) is 6.42 Å². The van der Waals surface area contributed by atoms with Gasteiger partial charge in [0.05, 0.1) is 0 Å². The Labute approximate surface area is 81.8 Å². The van der Waals surface area contributed by atoms with Crippen molar-refractivity contribution in [2.24, 2.45) is 0 Å². The highest BCUT2D eigenvalue weighted by Gasteiger charge is 2.29. The molecule has 1 heterocycles. The number of hydrogen-bond donors (Lipinski definition) is 1. The Hall–Kier alpha value is -1.65. The minimum atomic E-state index is -0.432. The normalized spacial score (nSPS) is 19.9. The lowest BCUT2D eigenvalue weighted by Gasteiger charge is -2.25. The lowest BCUT2D eigenvalue weighted by atomic mass is 10.2. The fraction of sp³-hybridized carbons (Fsp3) is 0.444. The van der Waals surface area contributed by atoms with Crippen LogP contribution in [0.4, 0.5) is 0 Å². The summed E-state index contributed by atoms with van der Waals surface area (Å²) in [7, 11) is 0. The molecule has 0 spiro atoms. The van der Waals surface area contributed by atoms with Gasteiger partial charge in [0.15, 0.2) is 0 Å². The van der Waals surface area contributed by atoms with Crippen molar-refractivity contribution < 1.29 is 14.4 Å². The largest absolute Gasteiger partial charge is 0.320 e. The predicted octanol–water partition coefficient (Wildman–Crippen LogP) is -0.215. The summed E-state index contributed by atoms with van der Waals surface area (Å²) in [5, 5.41) is 2.43. The first kappa shape index (κ1) is 10.4. The van der Waals surface area contributed by atoms with E-state index in [2.05, 4.69) is 5.32 Å². The second kappa shape index (κ2) is 4.04. The molecule has 1 N–H and O–H groups in total. The number of carbonyl (C=O) groups excluding carboxylic acids is 3. The molecular formula is C9H12N2O3. The minimum Gasteiger partial charge on any atom is -0.320 e. The molecule has 0 aromatic rings. The number of hydrogen-bond acceptors (Lipinski definition) is 3. The molecule has 5 nitrogen and oxygen atoms in total. The number of nitrogens with zero attached hydrogens (tertiary/aromatic N) is 1. The fourth-order valence-electron chi connectivity index (χ4n) is 1.20. The quantitative estimate of drug-likeness (QED) is 0.590. The fourth-order valence-corrected chi connectivity index (χ4v) is 1.20. The number of allylic oxidation sites excluding steroid dienone is 1. The van der Waals surface area contributed by atoms with E-state index in [4.69, 9.17) is 0 Å². The molecule has 0 saturated carbocycles. The third kappa shape index (κ3) is 1.99. The summed E-state index contributed by atoms with van der Waals surface area (Å²) in [5.41, 5.74) is 0.193. The van der Waals surface area contributed by atoms with E-state index in [1.54, 1.807) is 6.08 Å². The predicted molar refractivity (Wildman–Crippen MR) is 48.9 cm³/mol. The monoisotopic (exact) mass is 196 g/mol. The maximum atomic E-state index is 11.5. The van der Waals surface area contributed by atoms with Gasteiger partial charge in [0.2, 0.25) is 11.8 Å². The van der Waals surface area contributed by atoms with Gasteiger partial charge in [-0.2, -0.15) is 0 Å². The topological polar surface area (TPSA) is 66.5 Å². The van der Waals surface area contributed by atoms with Crippen LogP contribution in [0.5, 0.6) is 0 Å². The Morgan fingerprint density at radius 1 is 1.57 bits per heavy atom. The van der Waals surface area contributed by atoms with Gasteiger partial charge in [0.25, 0.3) is 5.91 Å². The Morgan fingerprint density at radius 2 is 2.21 bits per heavy atom. The van der Waals surface area contributed by atoms with E-state index in [0.29, 0.717) is 6.42 Å². The number of nitrogens with one attached hydrogen (secondary N) is 1. The number of rotatable bonds is 1. The smallest absolute Gasteiger partial charge is 0.277 e. The molecule has 0 aliphatic carbocycles. The highest BCUT2D eigenvalue weighted by Crippen LogP contribution is 2.06. The molecular weight excluding hydrogens is 184 g/mol. The number of piperazine rings is 1. The molecule has 0 bridgehead atoms. The molecule has 0 aromatic carbocycles. The van der Waals surface area contributed by atoms with Crippen LogP contribution < -0.4 is 5.32 Å². The number of imide groups is 1. The molecule has 14 heavy (non-hydrogen) atoms. The van der Waals surface area contributed by atoms with Gasteiger partial charge < -0.3 is 5.32 Å². The standard InChI is InChI=1S/C9H12N2O3/c1-3-4-7-9(14)11(6(2)12)5-8(13)10-7/h4H,3,5H2,1-2H3,(H,10,13)/b7-4-. The van der Waals surface area contributed by atoms with Crippen LogP contribution >= 0.6 is 0 Å². The molecule has 1 aliphatic rings. The Balaban J connectivity index is 2.92. The van der Waals surface area contributed by atoms with E-state index >= 15 is 0 Å². The van der Waals surface area contributed by atoms with Gasteiger partial charge in [-0.1, -0.05) is 13.0 Å². The third-order valence-electron chi connectivity index (χ3n) is 1.84. The summed E-state index contributed by atoms with van der Waals surface area (Å²) in [6.45, 7) is 2.93. The molecule has 0 atom stereocenters. The molecule has 0 aromatic heterocycles.